The highest BCUT2D eigenvalue weighted by atomic mass is 31.2. The molecule has 0 amide bonds. The van der Waals surface area contributed by atoms with Crippen LogP contribution >= 0.6 is 15.6 Å². The Labute approximate surface area is 189 Å². The number of aliphatic hydroxyl groups is 1. The summed E-state index contributed by atoms with van der Waals surface area (Å²) in [5.41, 5.74) is 1.81. The molecule has 4 unspecified atom stereocenters. The largest absolute Gasteiger partial charge is 0.756 e. The monoisotopic (exact) mass is 509 g/mol. The molecular weight excluding hydrogens is 484 g/mol. The molecule has 15 nitrogen and oxygen atoms in total. The number of phosphoric ester groups is 2. The molecule has 2 aliphatic heterocycles. The minimum atomic E-state index is -4.53. The molecule has 0 aliphatic carbocycles. The number of aliphatic hydroxyl groups excluding tert-OH is 1. The molecule has 2 N–H and O–H groups in total. The Morgan fingerprint density at radius 3 is 2.64 bits per heavy atom. The Morgan fingerprint density at radius 1 is 1.24 bits per heavy atom. The number of nitrogens with one attached hydrogen (secondary N) is 1. The third-order valence-electron chi connectivity index (χ3n) is 5.02. The van der Waals surface area contributed by atoms with Crippen LogP contribution < -0.4 is 15.1 Å². The van der Waals surface area contributed by atoms with Gasteiger partial charge in [0.05, 0.1) is 25.1 Å². The van der Waals surface area contributed by atoms with E-state index in [4.69, 9.17) is 4.74 Å². The minimum absolute atomic E-state index is 0.167. The Bertz CT molecular complexity index is 1040. The first-order valence-corrected chi connectivity index (χ1v) is 12.8. The zero-order chi connectivity index (χ0) is 24.2. The van der Waals surface area contributed by atoms with Crippen LogP contribution in [0.5, 0.6) is 0 Å². The summed E-state index contributed by atoms with van der Waals surface area (Å²) in [6, 6.07) is 0.471. The fourth-order valence-electron chi connectivity index (χ4n) is 3.32. The van der Waals surface area contributed by atoms with Gasteiger partial charge in [0, 0.05) is 27.2 Å². The maximum atomic E-state index is 11.1. The minimum Gasteiger partial charge on any atom is -0.756 e. The molecular formula is C16H25N5O10P2-2. The van der Waals surface area contributed by atoms with E-state index in [1.54, 1.807) is 6.33 Å². The highest BCUT2D eigenvalue weighted by Crippen LogP contribution is 2.43. The van der Waals surface area contributed by atoms with Gasteiger partial charge in [-0.05, 0) is 6.42 Å². The first-order chi connectivity index (χ1) is 15.6. The van der Waals surface area contributed by atoms with Gasteiger partial charge in [0.15, 0.2) is 17.8 Å². The van der Waals surface area contributed by atoms with Gasteiger partial charge in [0.25, 0.3) is 15.6 Å². The first kappa shape index (κ1) is 26.1. The van der Waals surface area contributed by atoms with Gasteiger partial charge < -0.3 is 47.6 Å². The molecule has 0 saturated carbocycles. The average Bonchev–Trinajstić information content (AvgIpc) is 3.37. The van der Waals surface area contributed by atoms with E-state index in [1.165, 1.54) is 0 Å². The molecule has 4 rings (SSSR count). The van der Waals surface area contributed by atoms with Crippen LogP contribution in [0.1, 0.15) is 25.8 Å². The molecule has 0 aromatic carbocycles. The van der Waals surface area contributed by atoms with Crippen molar-refractivity contribution < 1.29 is 46.9 Å². The molecule has 6 atom stereocenters. The molecule has 2 aliphatic rings. The number of imidazole rings is 1. The number of ether oxygens (including phenoxy) is 1. The number of hydrogen-bond acceptors (Lipinski definition) is 14. The van der Waals surface area contributed by atoms with E-state index >= 15 is 0 Å². The second-order valence-corrected chi connectivity index (χ2v) is 10.0. The van der Waals surface area contributed by atoms with Gasteiger partial charge in [-0.2, -0.15) is 0 Å². The maximum Gasteiger partial charge on any atom is 0.267 e. The smallest absolute Gasteiger partial charge is 0.267 e. The van der Waals surface area contributed by atoms with E-state index in [9.17, 15) is 24.0 Å². The molecule has 2 aromatic rings. The van der Waals surface area contributed by atoms with Crippen molar-refractivity contribution >= 4 is 32.6 Å². The highest BCUT2D eigenvalue weighted by molar-refractivity contribution is 7.46. The van der Waals surface area contributed by atoms with Crippen molar-refractivity contribution in [3.8, 4) is 0 Å². The number of nitrogens with zero attached hydrogens (tertiary/aromatic N) is 4. The topological polar surface area (TPSA) is 202 Å². The first-order valence-electron chi connectivity index (χ1n) is 9.90. The lowest BCUT2D eigenvalue weighted by Gasteiger charge is -2.28. The average molecular weight is 509 g/mol. The summed E-state index contributed by atoms with van der Waals surface area (Å²) in [4.78, 5) is 34.7. The summed E-state index contributed by atoms with van der Waals surface area (Å²) < 4.78 is 46.3. The quantitative estimate of drug-likeness (QED) is 0.447. The van der Waals surface area contributed by atoms with E-state index in [2.05, 4.69) is 49.9 Å². The second-order valence-electron chi connectivity index (χ2n) is 7.05. The predicted octanol–water partition coefficient (Wildman–Crippen LogP) is -0.0720. The zero-order valence-corrected chi connectivity index (χ0v) is 19.9. The lowest BCUT2D eigenvalue weighted by atomic mass is 10.2. The van der Waals surface area contributed by atoms with Gasteiger partial charge in [-0.15, -0.1) is 0 Å². The normalized spacial score (nSPS) is 27.8. The number of aromatic nitrogens is 4. The summed E-state index contributed by atoms with van der Waals surface area (Å²) in [7, 11) is -7.20. The predicted molar refractivity (Wildman–Crippen MR) is 109 cm³/mol. The lowest BCUT2D eigenvalue weighted by Crippen LogP contribution is -2.30. The molecule has 1 saturated heterocycles. The van der Waals surface area contributed by atoms with E-state index < -0.39 is 40.8 Å². The van der Waals surface area contributed by atoms with Gasteiger partial charge in [0.1, 0.15) is 17.9 Å². The Hall–Kier alpha value is -1.51. The van der Waals surface area contributed by atoms with Crippen LogP contribution in [0.4, 0.5) is 5.82 Å². The Morgan fingerprint density at radius 2 is 1.97 bits per heavy atom. The van der Waals surface area contributed by atoms with Crippen molar-refractivity contribution in [2.24, 2.45) is 0 Å². The standard InChI is InChI=1S/C9H11N5.C7H16O10P2/c1-2-6-3-10-8-7-9(12-4-11-8)13-5-14(6)7;1-13-18(9,10)15-4-6-5(3-7(8)16-6)17-19(11,12)14-2/h4-6H,2-3H2,1H3,(H,10,11,12);5-8H,3-4H2,1-2H3,(H,9,10)(H,11,12)/p-2/t;5-,6-,7?/m.1/s1. The van der Waals surface area contributed by atoms with Crippen LogP contribution in [-0.2, 0) is 32.0 Å². The van der Waals surface area contributed by atoms with E-state index in [-0.39, 0.29) is 6.42 Å². The van der Waals surface area contributed by atoms with Crippen molar-refractivity contribution in [3.05, 3.63) is 12.7 Å². The van der Waals surface area contributed by atoms with Gasteiger partial charge >= 0.3 is 0 Å². The fraction of sp³-hybridized carbons (Fsp3) is 0.688. The Balaban J connectivity index is 0.000000192. The van der Waals surface area contributed by atoms with E-state index in [0.29, 0.717) is 6.04 Å². The highest BCUT2D eigenvalue weighted by Gasteiger charge is 2.38. The van der Waals surface area contributed by atoms with E-state index in [1.807, 2.05) is 6.33 Å². The number of rotatable bonds is 8. The van der Waals surface area contributed by atoms with Gasteiger partial charge in [-0.1, -0.05) is 6.92 Å². The molecule has 33 heavy (non-hydrogen) atoms. The van der Waals surface area contributed by atoms with Crippen molar-refractivity contribution in [1.29, 1.82) is 0 Å². The lowest BCUT2D eigenvalue weighted by molar-refractivity contribution is -0.232. The molecule has 186 valence electrons. The number of phosphoric acid groups is 2. The molecule has 0 radical (unpaired) electrons. The van der Waals surface area contributed by atoms with Gasteiger partial charge in [-0.3, -0.25) is 9.13 Å². The molecule has 1 fully saturated rings. The summed E-state index contributed by atoms with van der Waals surface area (Å²) in [6.45, 7) is 2.54. The van der Waals surface area contributed by atoms with Crippen LogP contribution in [-0.4, -0.2) is 70.5 Å². The maximum absolute atomic E-state index is 11.1. The SMILES string of the molecule is CCC1CNc2ncnc3ncn1c23.COP(=O)([O-])OC[C@H]1OC(O)C[C@H]1OP(=O)([O-])OC. The third kappa shape index (κ3) is 6.55. The van der Waals surface area contributed by atoms with E-state index in [0.717, 1.165) is 44.2 Å². The van der Waals surface area contributed by atoms with Gasteiger partial charge in [0.2, 0.25) is 0 Å². The Kier molecular flexibility index (Phi) is 8.56. The molecule has 0 spiro atoms. The number of hydrogen-bond donors (Lipinski definition) is 2. The van der Waals surface area contributed by atoms with Gasteiger partial charge in [-0.25, -0.2) is 15.0 Å². The van der Waals surface area contributed by atoms with Crippen LogP contribution in [0.3, 0.4) is 0 Å². The van der Waals surface area contributed by atoms with Crippen molar-refractivity contribution in [2.75, 3.05) is 32.7 Å². The van der Waals surface area contributed by atoms with Crippen molar-refractivity contribution in [3.63, 3.8) is 0 Å². The zero-order valence-electron chi connectivity index (χ0n) is 18.1. The number of anilines is 1. The molecule has 4 heterocycles. The molecule has 17 heteroatoms. The summed E-state index contributed by atoms with van der Waals surface area (Å²) >= 11 is 0. The van der Waals surface area contributed by atoms with Crippen LogP contribution in [0.25, 0.3) is 11.2 Å². The third-order valence-corrected chi connectivity index (χ3v) is 6.91. The van der Waals surface area contributed by atoms with Crippen LogP contribution in [0.2, 0.25) is 0 Å². The molecule has 2 aromatic heterocycles. The van der Waals surface area contributed by atoms with Crippen molar-refractivity contribution in [1.82, 2.24) is 19.5 Å². The summed E-state index contributed by atoms with van der Waals surface area (Å²) in [5.74, 6) is 0.900. The second kappa shape index (κ2) is 10.8. The van der Waals surface area contributed by atoms with Crippen LogP contribution in [0, 0.1) is 0 Å². The molecule has 0 bridgehead atoms. The summed E-state index contributed by atoms with van der Waals surface area (Å²) in [5, 5.41) is 12.6. The summed E-state index contributed by atoms with van der Waals surface area (Å²) in [6.07, 6.45) is 0.836. The van der Waals surface area contributed by atoms with Crippen molar-refractivity contribution in [2.45, 2.75) is 44.3 Å². The van der Waals surface area contributed by atoms with Crippen LogP contribution in [0.15, 0.2) is 12.7 Å². The fourth-order valence-corrected chi connectivity index (χ4v) is 4.39.